The van der Waals surface area contributed by atoms with Gasteiger partial charge in [-0.15, -0.1) is 11.3 Å². The van der Waals surface area contributed by atoms with Crippen molar-refractivity contribution in [3.63, 3.8) is 0 Å². The average Bonchev–Trinajstić information content (AvgIpc) is 2.76. The Balaban J connectivity index is 1.62. The Kier molecular flexibility index (Phi) is 5.13. The van der Waals surface area contributed by atoms with E-state index in [0.29, 0.717) is 12.6 Å². The molecule has 1 saturated carbocycles. The Hall–Kier alpha value is -0.940. The number of rotatable bonds is 5. The van der Waals surface area contributed by atoms with Gasteiger partial charge in [0.2, 0.25) is 5.91 Å². The lowest BCUT2D eigenvalue weighted by molar-refractivity contribution is -0.121. The summed E-state index contributed by atoms with van der Waals surface area (Å²) in [4.78, 5) is 17.1. The lowest BCUT2D eigenvalue weighted by atomic mass is 9.95. The molecular formula is C13H21N3OS. The zero-order valence-electron chi connectivity index (χ0n) is 10.9. The Labute approximate surface area is 112 Å². The van der Waals surface area contributed by atoms with Crippen LogP contribution in [0.3, 0.4) is 0 Å². The highest BCUT2D eigenvalue weighted by atomic mass is 32.1. The summed E-state index contributed by atoms with van der Waals surface area (Å²) in [6.07, 6.45) is 7.96. The molecule has 0 spiro atoms. The van der Waals surface area contributed by atoms with E-state index in [1.54, 1.807) is 11.3 Å². The van der Waals surface area contributed by atoms with Crippen molar-refractivity contribution in [3.8, 4) is 0 Å². The monoisotopic (exact) mass is 267 g/mol. The number of carbonyl (C=O) groups excluding carboxylic acids is 1. The lowest BCUT2D eigenvalue weighted by Crippen LogP contribution is -2.41. The summed E-state index contributed by atoms with van der Waals surface area (Å²) in [6.45, 7) is 3.11. The summed E-state index contributed by atoms with van der Waals surface area (Å²) in [5.41, 5.74) is 0. The smallest absolute Gasteiger partial charge is 0.234 e. The number of hydrogen-bond donors (Lipinski definition) is 2. The Morgan fingerprint density at radius 1 is 1.44 bits per heavy atom. The van der Waals surface area contributed by atoms with Crippen LogP contribution in [0.1, 0.15) is 42.0 Å². The number of aromatic nitrogens is 1. The van der Waals surface area contributed by atoms with Crippen LogP contribution in [0, 0.1) is 6.92 Å². The van der Waals surface area contributed by atoms with E-state index in [2.05, 4.69) is 15.6 Å². The van der Waals surface area contributed by atoms with E-state index in [-0.39, 0.29) is 5.91 Å². The van der Waals surface area contributed by atoms with E-state index in [9.17, 15) is 4.79 Å². The Morgan fingerprint density at radius 3 is 2.89 bits per heavy atom. The molecule has 0 radical (unpaired) electrons. The van der Waals surface area contributed by atoms with E-state index >= 15 is 0 Å². The third-order valence-corrected chi connectivity index (χ3v) is 4.14. The highest BCUT2D eigenvalue weighted by Gasteiger charge is 2.15. The summed E-state index contributed by atoms with van der Waals surface area (Å²) in [5, 5.41) is 7.33. The summed E-state index contributed by atoms with van der Waals surface area (Å²) in [7, 11) is 0. The van der Waals surface area contributed by atoms with Crippen LogP contribution in [0.15, 0.2) is 6.20 Å². The van der Waals surface area contributed by atoms with Gasteiger partial charge in [0.15, 0.2) is 0 Å². The molecule has 0 atom stereocenters. The summed E-state index contributed by atoms with van der Waals surface area (Å²) < 4.78 is 0. The molecule has 4 nitrogen and oxygen atoms in total. The van der Waals surface area contributed by atoms with Gasteiger partial charge in [-0.2, -0.15) is 0 Å². The van der Waals surface area contributed by atoms with E-state index in [0.717, 1.165) is 24.4 Å². The fourth-order valence-corrected chi connectivity index (χ4v) is 3.08. The highest BCUT2D eigenvalue weighted by molar-refractivity contribution is 7.11. The van der Waals surface area contributed by atoms with Crippen molar-refractivity contribution >= 4 is 17.2 Å². The minimum atomic E-state index is 0.114. The predicted molar refractivity (Wildman–Crippen MR) is 73.6 cm³/mol. The molecule has 1 aliphatic carbocycles. The number of aryl methyl sites for hydroxylation is 1. The van der Waals surface area contributed by atoms with Crippen molar-refractivity contribution in [1.82, 2.24) is 15.6 Å². The van der Waals surface area contributed by atoms with Crippen molar-refractivity contribution in [3.05, 3.63) is 16.1 Å². The number of nitrogens with one attached hydrogen (secondary N) is 2. The van der Waals surface area contributed by atoms with Crippen LogP contribution in [-0.4, -0.2) is 23.5 Å². The first-order valence-corrected chi connectivity index (χ1v) is 7.47. The van der Waals surface area contributed by atoms with Gasteiger partial charge < -0.3 is 10.6 Å². The maximum Gasteiger partial charge on any atom is 0.234 e. The molecule has 2 rings (SSSR count). The van der Waals surface area contributed by atoms with Gasteiger partial charge >= 0.3 is 0 Å². The number of carbonyl (C=O) groups is 1. The lowest BCUT2D eigenvalue weighted by Gasteiger charge is -2.22. The summed E-state index contributed by atoms with van der Waals surface area (Å²) in [5.74, 6) is 0.114. The standard InChI is InChI=1S/C13H21N3OS/c1-10-15-8-12(18-10)7-14-9-13(17)16-11-5-3-2-4-6-11/h8,11,14H,2-7,9H2,1H3,(H,16,17). The number of hydrogen-bond acceptors (Lipinski definition) is 4. The van der Waals surface area contributed by atoms with E-state index in [4.69, 9.17) is 0 Å². The van der Waals surface area contributed by atoms with Gasteiger partial charge in [-0.25, -0.2) is 4.98 Å². The summed E-state index contributed by atoms with van der Waals surface area (Å²) >= 11 is 1.67. The fraction of sp³-hybridized carbons (Fsp3) is 0.692. The van der Waals surface area contributed by atoms with E-state index in [1.807, 2.05) is 13.1 Å². The highest BCUT2D eigenvalue weighted by Crippen LogP contribution is 2.17. The molecule has 100 valence electrons. The minimum Gasteiger partial charge on any atom is -0.352 e. The number of nitrogens with zero attached hydrogens (tertiary/aromatic N) is 1. The molecule has 1 fully saturated rings. The first-order valence-electron chi connectivity index (χ1n) is 6.65. The SMILES string of the molecule is Cc1ncc(CNCC(=O)NC2CCCCC2)s1. The van der Waals surface area contributed by atoms with Crippen molar-refractivity contribution < 1.29 is 4.79 Å². The van der Waals surface area contributed by atoms with E-state index in [1.165, 1.54) is 24.1 Å². The van der Waals surface area contributed by atoms with Crippen molar-refractivity contribution in [2.24, 2.45) is 0 Å². The van der Waals surface area contributed by atoms with Gasteiger partial charge in [0.05, 0.1) is 11.6 Å². The molecular weight excluding hydrogens is 246 g/mol. The normalized spacial score (nSPS) is 16.7. The van der Waals surface area contributed by atoms with Crippen LogP contribution in [-0.2, 0) is 11.3 Å². The molecule has 0 aliphatic heterocycles. The van der Waals surface area contributed by atoms with Crippen LogP contribution in [0.4, 0.5) is 0 Å². The first kappa shape index (κ1) is 13.5. The largest absolute Gasteiger partial charge is 0.352 e. The molecule has 1 aliphatic rings. The molecule has 18 heavy (non-hydrogen) atoms. The van der Waals surface area contributed by atoms with Gasteiger partial charge in [-0.1, -0.05) is 19.3 Å². The average molecular weight is 267 g/mol. The quantitative estimate of drug-likeness (QED) is 0.858. The van der Waals surface area contributed by atoms with Gasteiger partial charge in [0, 0.05) is 23.7 Å². The maximum atomic E-state index is 11.7. The van der Waals surface area contributed by atoms with Crippen LogP contribution in [0.2, 0.25) is 0 Å². The molecule has 1 amide bonds. The van der Waals surface area contributed by atoms with Gasteiger partial charge in [0.1, 0.15) is 0 Å². The van der Waals surface area contributed by atoms with Crippen LogP contribution >= 0.6 is 11.3 Å². The maximum absolute atomic E-state index is 11.7. The molecule has 0 unspecified atom stereocenters. The van der Waals surface area contributed by atoms with Crippen LogP contribution in [0.5, 0.6) is 0 Å². The Morgan fingerprint density at radius 2 is 2.22 bits per heavy atom. The second-order valence-electron chi connectivity index (χ2n) is 4.85. The third-order valence-electron chi connectivity index (χ3n) is 3.22. The first-order chi connectivity index (χ1) is 8.74. The molecule has 0 aromatic carbocycles. The topological polar surface area (TPSA) is 54.0 Å². The fourth-order valence-electron chi connectivity index (χ4n) is 2.31. The second kappa shape index (κ2) is 6.85. The van der Waals surface area contributed by atoms with Gasteiger partial charge in [-0.3, -0.25) is 4.79 Å². The van der Waals surface area contributed by atoms with Crippen molar-refractivity contribution in [2.75, 3.05) is 6.54 Å². The zero-order valence-corrected chi connectivity index (χ0v) is 11.7. The van der Waals surface area contributed by atoms with Crippen molar-refractivity contribution in [2.45, 2.75) is 51.6 Å². The predicted octanol–water partition coefficient (Wildman–Crippen LogP) is 1.99. The second-order valence-corrected chi connectivity index (χ2v) is 6.17. The molecule has 2 N–H and O–H groups in total. The molecule has 0 bridgehead atoms. The number of thiazole rings is 1. The van der Waals surface area contributed by atoms with Crippen LogP contribution < -0.4 is 10.6 Å². The molecule has 5 heteroatoms. The van der Waals surface area contributed by atoms with E-state index < -0.39 is 0 Å². The molecule has 1 heterocycles. The molecule has 0 saturated heterocycles. The Bertz CT molecular complexity index is 385. The van der Waals surface area contributed by atoms with Gasteiger partial charge in [0.25, 0.3) is 0 Å². The molecule has 1 aromatic rings. The van der Waals surface area contributed by atoms with Crippen LogP contribution in [0.25, 0.3) is 0 Å². The molecule has 1 aromatic heterocycles. The van der Waals surface area contributed by atoms with Gasteiger partial charge in [-0.05, 0) is 19.8 Å². The third kappa shape index (κ3) is 4.38. The minimum absolute atomic E-state index is 0.114. The summed E-state index contributed by atoms with van der Waals surface area (Å²) in [6, 6.07) is 0.402. The van der Waals surface area contributed by atoms with Crippen molar-refractivity contribution in [1.29, 1.82) is 0 Å². The zero-order chi connectivity index (χ0) is 12.8. The number of amides is 1.